The molecule has 4 amide bonds. The van der Waals surface area contributed by atoms with Gasteiger partial charge in [-0.25, -0.2) is 14.0 Å². The van der Waals surface area contributed by atoms with E-state index >= 15 is 0 Å². The lowest BCUT2D eigenvalue weighted by atomic mass is 10.1. The molecule has 0 aliphatic heterocycles. The van der Waals surface area contributed by atoms with Gasteiger partial charge >= 0.3 is 18.2 Å². The van der Waals surface area contributed by atoms with Crippen LogP contribution in [0.5, 0.6) is 0 Å². The van der Waals surface area contributed by atoms with Crippen LogP contribution in [0.25, 0.3) is 0 Å². The molecule has 6 nitrogen and oxygen atoms in total. The van der Waals surface area contributed by atoms with E-state index in [1.807, 2.05) is 19.1 Å². The average molecular weight is 474 g/mol. The van der Waals surface area contributed by atoms with E-state index in [9.17, 15) is 27.2 Å². The molecule has 0 unspecified atom stereocenters. The lowest BCUT2D eigenvalue weighted by molar-refractivity contribution is -0.136. The van der Waals surface area contributed by atoms with Crippen molar-refractivity contribution in [3.8, 4) is 0 Å². The van der Waals surface area contributed by atoms with Crippen molar-refractivity contribution in [1.29, 1.82) is 0 Å². The first-order valence-corrected chi connectivity index (χ1v) is 10.3. The smallest absolute Gasteiger partial charge is 0.336 e. The van der Waals surface area contributed by atoms with Crippen molar-refractivity contribution >= 4 is 29.1 Å². The average Bonchev–Trinajstić information content (AvgIpc) is 2.78. The van der Waals surface area contributed by atoms with E-state index in [4.69, 9.17) is 0 Å². The first kappa shape index (κ1) is 24.6. The number of hydrogen-bond acceptors (Lipinski definition) is 2. The molecule has 0 fully saturated rings. The highest BCUT2D eigenvalue weighted by Gasteiger charge is 2.33. The van der Waals surface area contributed by atoms with Gasteiger partial charge in [0.2, 0.25) is 0 Å². The van der Waals surface area contributed by atoms with Crippen LogP contribution in [-0.2, 0) is 6.18 Å². The molecule has 34 heavy (non-hydrogen) atoms. The second kappa shape index (κ2) is 10.7. The minimum absolute atomic E-state index is 0.0301. The summed E-state index contributed by atoms with van der Waals surface area (Å²) in [6.07, 6.45) is -4.63. The van der Waals surface area contributed by atoms with E-state index in [0.717, 1.165) is 17.7 Å². The Morgan fingerprint density at radius 3 is 2.12 bits per heavy atom. The van der Waals surface area contributed by atoms with Crippen molar-refractivity contribution < 1.29 is 27.2 Å². The van der Waals surface area contributed by atoms with Crippen molar-refractivity contribution in [1.82, 2.24) is 5.32 Å². The SMILES string of the molecule is Cc1ccccc1NC(=O)N(CCNC(=O)Nc1ccccc1C(F)(F)F)c1ccc(F)cc1. The summed E-state index contributed by atoms with van der Waals surface area (Å²) in [4.78, 5) is 26.4. The van der Waals surface area contributed by atoms with E-state index in [1.165, 1.54) is 41.3 Å². The summed E-state index contributed by atoms with van der Waals surface area (Å²) in [6, 6.07) is 15.5. The van der Waals surface area contributed by atoms with E-state index in [2.05, 4.69) is 16.0 Å². The van der Waals surface area contributed by atoms with Crippen LogP contribution < -0.4 is 20.9 Å². The molecule has 3 N–H and O–H groups in total. The second-order valence-electron chi connectivity index (χ2n) is 7.30. The van der Waals surface area contributed by atoms with Crippen molar-refractivity contribution in [3.05, 3.63) is 89.7 Å². The Bertz CT molecular complexity index is 1150. The standard InChI is InChI=1S/C24H22F4N4O2/c1-16-6-2-4-8-20(16)31-23(34)32(18-12-10-17(25)11-13-18)15-14-29-22(33)30-21-9-5-3-7-19(21)24(26,27)28/h2-13H,14-15H2,1H3,(H,31,34)(H2,29,30,33). The molecule has 0 radical (unpaired) electrons. The van der Waals surface area contributed by atoms with Crippen LogP contribution in [0.2, 0.25) is 0 Å². The number of benzene rings is 3. The van der Waals surface area contributed by atoms with E-state index in [-0.39, 0.29) is 18.8 Å². The fraction of sp³-hybridized carbons (Fsp3) is 0.167. The van der Waals surface area contributed by atoms with Crippen molar-refractivity contribution in [2.45, 2.75) is 13.1 Å². The molecular weight excluding hydrogens is 452 g/mol. The molecule has 0 bridgehead atoms. The third-order valence-electron chi connectivity index (χ3n) is 4.87. The molecule has 0 heterocycles. The molecule has 3 aromatic rings. The van der Waals surface area contributed by atoms with Crippen LogP contribution in [0.15, 0.2) is 72.8 Å². The Balaban J connectivity index is 1.68. The number of amides is 4. The zero-order valence-corrected chi connectivity index (χ0v) is 18.1. The van der Waals surface area contributed by atoms with Gasteiger partial charge in [0.25, 0.3) is 0 Å². The zero-order chi connectivity index (χ0) is 24.7. The van der Waals surface area contributed by atoms with Crippen LogP contribution in [0, 0.1) is 12.7 Å². The lowest BCUT2D eigenvalue weighted by Gasteiger charge is -2.24. The van der Waals surface area contributed by atoms with Gasteiger partial charge in [-0.3, -0.25) is 4.90 Å². The molecule has 10 heteroatoms. The van der Waals surface area contributed by atoms with E-state index < -0.39 is 29.6 Å². The number of rotatable bonds is 6. The summed E-state index contributed by atoms with van der Waals surface area (Å²) < 4.78 is 52.7. The first-order valence-electron chi connectivity index (χ1n) is 10.3. The molecule has 0 saturated heterocycles. The lowest BCUT2D eigenvalue weighted by Crippen LogP contribution is -2.42. The third-order valence-corrected chi connectivity index (χ3v) is 4.87. The maximum Gasteiger partial charge on any atom is 0.418 e. The molecule has 3 rings (SSSR count). The second-order valence-corrected chi connectivity index (χ2v) is 7.30. The largest absolute Gasteiger partial charge is 0.418 e. The maximum absolute atomic E-state index is 13.4. The summed E-state index contributed by atoms with van der Waals surface area (Å²) in [6.45, 7) is 1.71. The van der Waals surface area contributed by atoms with E-state index in [1.54, 1.807) is 12.1 Å². The number of para-hydroxylation sites is 2. The van der Waals surface area contributed by atoms with Crippen LogP contribution in [-0.4, -0.2) is 25.2 Å². The highest BCUT2D eigenvalue weighted by Crippen LogP contribution is 2.34. The number of halogens is 4. The van der Waals surface area contributed by atoms with Gasteiger partial charge < -0.3 is 16.0 Å². The quantitative estimate of drug-likeness (QED) is 0.383. The number of anilines is 3. The fourth-order valence-corrected chi connectivity index (χ4v) is 3.15. The highest BCUT2D eigenvalue weighted by molar-refractivity contribution is 6.02. The van der Waals surface area contributed by atoms with Crippen LogP contribution in [0.1, 0.15) is 11.1 Å². The Morgan fingerprint density at radius 1 is 0.853 bits per heavy atom. The summed E-state index contributed by atoms with van der Waals surface area (Å²) in [5.41, 5.74) is 0.415. The number of alkyl halides is 3. The Labute approximate surface area is 193 Å². The van der Waals surface area contributed by atoms with Crippen LogP contribution >= 0.6 is 0 Å². The molecule has 3 aromatic carbocycles. The zero-order valence-electron chi connectivity index (χ0n) is 18.1. The summed E-state index contributed by atoms with van der Waals surface area (Å²) in [7, 11) is 0. The van der Waals surface area contributed by atoms with Gasteiger partial charge in [-0.1, -0.05) is 30.3 Å². The molecule has 0 saturated carbocycles. The number of nitrogens with zero attached hydrogens (tertiary/aromatic N) is 1. The Morgan fingerprint density at radius 2 is 1.47 bits per heavy atom. The first-order chi connectivity index (χ1) is 16.1. The summed E-state index contributed by atoms with van der Waals surface area (Å²) in [5, 5.41) is 7.38. The van der Waals surface area contributed by atoms with Crippen LogP contribution in [0.4, 0.5) is 44.2 Å². The topological polar surface area (TPSA) is 73.5 Å². The van der Waals surface area contributed by atoms with Gasteiger partial charge in [-0.05, 0) is 55.0 Å². The molecule has 0 aliphatic carbocycles. The number of carbonyl (C=O) groups excluding carboxylic acids is 2. The minimum atomic E-state index is -4.63. The predicted octanol–water partition coefficient (Wildman–Crippen LogP) is 6.01. The third kappa shape index (κ3) is 6.47. The molecular formula is C24H22F4N4O2. The predicted molar refractivity (Wildman–Crippen MR) is 122 cm³/mol. The van der Waals surface area contributed by atoms with Crippen molar-refractivity contribution in [2.24, 2.45) is 0 Å². The van der Waals surface area contributed by atoms with Gasteiger partial charge in [-0.15, -0.1) is 0 Å². The molecule has 0 aromatic heterocycles. The summed E-state index contributed by atoms with van der Waals surface area (Å²) in [5.74, 6) is -0.483. The van der Waals surface area contributed by atoms with Gasteiger partial charge in [0.15, 0.2) is 0 Å². The summed E-state index contributed by atoms with van der Waals surface area (Å²) >= 11 is 0. The van der Waals surface area contributed by atoms with Crippen molar-refractivity contribution in [2.75, 3.05) is 28.6 Å². The number of aryl methyl sites for hydroxylation is 1. The molecule has 0 atom stereocenters. The van der Waals surface area contributed by atoms with Crippen LogP contribution in [0.3, 0.4) is 0 Å². The minimum Gasteiger partial charge on any atom is -0.336 e. The molecule has 0 aliphatic rings. The maximum atomic E-state index is 13.4. The monoisotopic (exact) mass is 474 g/mol. The molecule has 0 spiro atoms. The van der Waals surface area contributed by atoms with Gasteiger partial charge in [-0.2, -0.15) is 13.2 Å². The van der Waals surface area contributed by atoms with Crippen molar-refractivity contribution in [3.63, 3.8) is 0 Å². The number of urea groups is 2. The highest BCUT2D eigenvalue weighted by atomic mass is 19.4. The number of nitrogens with one attached hydrogen (secondary N) is 3. The number of hydrogen-bond donors (Lipinski definition) is 3. The number of carbonyl (C=O) groups is 2. The molecule has 178 valence electrons. The fourth-order valence-electron chi connectivity index (χ4n) is 3.15. The normalized spacial score (nSPS) is 11.0. The van der Waals surface area contributed by atoms with Gasteiger partial charge in [0, 0.05) is 24.5 Å². The Kier molecular flexibility index (Phi) is 7.72. The van der Waals surface area contributed by atoms with E-state index in [0.29, 0.717) is 11.4 Å². The van der Waals surface area contributed by atoms with Gasteiger partial charge in [0.1, 0.15) is 5.82 Å². The van der Waals surface area contributed by atoms with Gasteiger partial charge in [0.05, 0.1) is 11.3 Å². The Hall–Kier alpha value is -4.08.